The van der Waals surface area contributed by atoms with Crippen molar-refractivity contribution in [2.45, 2.75) is 13.8 Å². The second-order valence-corrected chi connectivity index (χ2v) is 5.15. The van der Waals surface area contributed by atoms with Gasteiger partial charge in [-0.15, -0.1) is 5.10 Å². The molecule has 3 rings (SSSR count). The van der Waals surface area contributed by atoms with Gasteiger partial charge >= 0.3 is 0 Å². The van der Waals surface area contributed by atoms with Crippen molar-refractivity contribution in [1.82, 2.24) is 15.0 Å². The molecule has 3 aromatic rings. The highest BCUT2D eigenvalue weighted by atomic mass is 16.1. The quantitative estimate of drug-likeness (QED) is 0.806. The number of carbonyl (C=O) groups excluding carboxylic acids is 1. The van der Waals surface area contributed by atoms with Crippen LogP contribution in [0.15, 0.2) is 54.7 Å². The van der Waals surface area contributed by atoms with Crippen LogP contribution in [0.25, 0.3) is 16.9 Å². The Balaban J connectivity index is 1.86. The molecule has 0 radical (unpaired) electrons. The molecule has 1 amide bonds. The molecule has 0 spiro atoms. The van der Waals surface area contributed by atoms with E-state index in [-0.39, 0.29) is 5.91 Å². The highest BCUT2D eigenvalue weighted by Crippen LogP contribution is 2.20. The molecule has 0 saturated heterocycles. The molecular weight excluding hydrogens is 276 g/mol. The SMILES string of the molecule is CC(=O)Nc1ccc(-c2cn(-c3cccc(C)c3)nn2)cc1. The Kier molecular flexibility index (Phi) is 3.70. The minimum absolute atomic E-state index is 0.0851. The van der Waals surface area contributed by atoms with E-state index in [0.29, 0.717) is 0 Å². The van der Waals surface area contributed by atoms with Crippen LogP contribution in [0.4, 0.5) is 5.69 Å². The molecule has 0 aliphatic carbocycles. The molecule has 0 aliphatic heterocycles. The summed E-state index contributed by atoms with van der Waals surface area (Å²) >= 11 is 0. The van der Waals surface area contributed by atoms with Crippen LogP contribution in [0.3, 0.4) is 0 Å². The van der Waals surface area contributed by atoms with Crippen molar-refractivity contribution in [3.63, 3.8) is 0 Å². The van der Waals surface area contributed by atoms with Gasteiger partial charge in [0, 0.05) is 18.2 Å². The topological polar surface area (TPSA) is 59.8 Å². The fourth-order valence-electron chi connectivity index (χ4n) is 2.22. The summed E-state index contributed by atoms with van der Waals surface area (Å²) in [7, 11) is 0. The average molecular weight is 292 g/mol. The lowest BCUT2D eigenvalue weighted by Crippen LogP contribution is -2.05. The Labute approximate surface area is 128 Å². The molecule has 5 heteroatoms. The molecule has 1 heterocycles. The molecule has 1 aromatic heterocycles. The number of benzene rings is 2. The van der Waals surface area contributed by atoms with Gasteiger partial charge in [0.1, 0.15) is 5.69 Å². The molecule has 0 atom stereocenters. The molecule has 5 nitrogen and oxygen atoms in total. The van der Waals surface area contributed by atoms with Crippen LogP contribution in [-0.4, -0.2) is 20.9 Å². The number of aryl methyl sites for hydroxylation is 1. The number of nitrogens with one attached hydrogen (secondary N) is 1. The van der Waals surface area contributed by atoms with E-state index in [1.165, 1.54) is 12.5 Å². The Morgan fingerprint density at radius 2 is 1.91 bits per heavy atom. The molecule has 0 aliphatic rings. The third-order valence-electron chi connectivity index (χ3n) is 3.26. The molecule has 0 saturated carbocycles. The van der Waals surface area contributed by atoms with Crippen LogP contribution in [-0.2, 0) is 4.79 Å². The molecule has 22 heavy (non-hydrogen) atoms. The predicted molar refractivity (Wildman–Crippen MR) is 85.8 cm³/mol. The van der Waals surface area contributed by atoms with Crippen LogP contribution in [0.5, 0.6) is 0 Å². The Morgan fingerprint density at radius 3 is 2.59 bits per heavy atom. The van der Waals surface area contributed by atoms with Gasteiger partial charge in [0.25, 0.3) is 0 Å². The van der Waals surface area contributed by atoms with Gasteiger partial charge < -0.3 is 5.32 Å². The van der Waals surface area contributed by atoms with E-state index in [1.807, 2.05) is 55.6 Å². The summed E-state index contributed by atoms with van der Waals surface area (Å²) in [6.45, 7) is 3.53. The molecule has 0 bridgehead atoms. The van der Waals surface area contributed by atoms with Crippen LogP contribution < -0.4 is 5.32 Å². The molecule has 0 fully saturated rings. The van der Waals surface area contributed by atoms with Crippen molar-refractivity contribution in [3.8, 4) is 16.9 Å². The fourth-order valence-corrected chi connectivity index (χ4v) is 2.22. The van der Waals surface area contributed by atoms with Gasteiger partial charge in [-0.05, 0) is 36.8 Å². The summed E-state index contributed by atoms with van der Waals surface area (Å²) in [6.07, 6.45) is 1.89. The maximum atomic E-state index is 11.0. The third kappa shape index (κ3) is 3.03. The molecule has 2 aromatic carbocycles. The van der Waals surface area contributed by atoms with Gasteiger partial charge in [-0.25, -0.2) is 4.68 Å². The first-order valence-electron chi connectivity index (χ1n) is 6.99. The Hall–Kier alpha value is -2.95. The number of nitrogens with zero attached hydrogens (tertiary/aromatic N) is 3. The number of aromatic nitrogens is 3. The highest BCUT2D eigenvalue weighted by Gasteiger charge is 2.06. The number of rotatable bonds is 3. The summed E-state index contributed by atoms with van der Waals surface area (Å²) in [5.41, 5.74) is 4.66. The largest absolute Gasteiger partial charge is 0.326 e. The summed E-state index contributed by atoms with van der Waals surface area (Å²) < 4.78 is 1.75. The number of hydrogen-bond acceptors (Lipinski definition) is 3. The van der Waals surface area contributed by atoms with E-state index >= 15 is 0 Å². The minimum Gasteiger partial charge on any atom is -0.326 e. The lowest BCUT2D eigenvalue weighted by Gasteiger charge is -2.02. The van der Waals surface area contributed by atoms with Gasteiger partial charge in [0.05, 0.1) is 11.9 Å². The number of hydrogen-bond donors (Lipinski definition) is 1. The predicted octanol–water partition coefficient (Wildman–Crippen LogP) is 3.20. The Bertz CT molecular complexity index is 806. The molecule has 110 valence electrons. The van der Waals surface area contributed by atoms with Crippen molar-refractivity contribution in [3.05, 3.63) is 60.3 Å². The van der Waals surface area contributed by atoms with Crippen molar-refractivity contribution in [1.29, 1.82) is 0 Å². The third-order valence-corrected chi connectivity index (χ3v) is 3.26. The van der Waals surface area contributed by atoms with E-state index in [9.17, 15) is 4.79 Å². The zero-order valence-electron chi connectivity index (χ0n) is 12.4. The monoisotopic (exact) mass is 292 g/mol. The first-order chi connectivity index (χ1) is 10.6. The van der Waals surface area contributed by atoms with Gasteiger partial charge in [-0.1, -0.05) is 29.5 Å². The zero-order chi connectivity index (χ0) is 15.5. The summed E-state index contributed by atoms with van der Waals surface area (Å²) in [4.78, 5) is 11.0. The van der Waals surface area contributed by atoms with Crippen LogP contribution in [0, 0.1) is 6.92 Å². The first kappa shape index (κ1) is 14.0. The molecule has 1 N–H and O–H groups in total. The van der Waals surface area contributed by atoms with E-state index in [4.69, 9.17) is 0 Å². The lowest BCUT2D eigenvalue weighted by atomic mass is 10.1. The van der Waals surface area contributed by atoms with E-state index < -0.39 is 0 Å². The standard InChI is InChI=1S/C17H16N4O/c1-12-4-3-5-16(10-12)21-11-17(19-20-21)14-6-8-15(9-7-14)18-13(2)22/h3-11H,1-2H3,(H,18,22). The number of amides is 1. The van der Waals surface area contributed by atoms with Gasteiger partial charge in [0.2, 0.25) is 5.91 Å². The molecule has 0 unspecified atom stereocenters. The highest BCUT2D eigenvalue weighted by molar-refractivity contribution is 5.88. The first-order valence-corrected chi connectivity index (χ1v) is 6.99. The van der Waals surface area contributed by atoms with Gasteiger partial charge in [-0.2, -0.15) is 0 Å². The number of anilines is 1. The van der Waals surface area contributed by atoms with Crippen molar-refractivity contribution < 1.29 is 4.79 Å². The van der Waals surface area contributed by atoms with Gasteiger partial charge in [-0.3, -0.25) is 4.79 Å². The maximum absolute atomic E-state index is 11.0. The van der Waals surface area contributed by atoms with E-state index in [0.717, 1.165) is 22.6 Å². The van der Waals surface area contributed by atoms with Gasteiger partial charge in [0.15, 0.2) is 0 Å². The lowest BCUT2D eigenvalue weighted by molar-refractivity contribution is -0.114. The normalized spacial score (nSPS) is 10.5. The fraction of sp³-hybridized carbons (Fsp3) is 0.118. The second-order valence-electron chi connectivity index (χ2n) is 5.15. The van der Waals surface area contributed by atoms with E-state index in [2.05, 4.69) is 21.7 Å². The van der Waals surface area contributed by atoms with Crippen molar-refractivity contribution >= 4 is 11.6 Å². The average Bonchev–Trinajstić information content (AvgIpc) is 2.97. The van der Waals surface area contributed by atoms with Crippen molar-refractivity contribution in [2.24, 2.45) is 0 Å². The van der Waals surface area contributed by atoms with Crippen LogP contribution >= 0.6 is 0 Å². The second kappa shape index (κ2) is 5.81. The molecular formula is C17H16N4O. The Morgan fingerprint density at radius 1 is 1.14 bits per heavy atom. The van der Waals surface area contributed by atoms with Crippen molar-refractivity contribution in [2.75, 3.05) is 5.32 Å². The summed E-state index contributed by atoms with van der Waals surface area (Å²) in [5.74, 6) is -0.0851. The van der Waals surface area contributed by atoms with Crippen LogP contribution in [0.2, 0.25) is 0 Å². The van der Waals surface area contributed by atoms with Crippen LogP contribution in [0.1, 0.15) is 12.5 Å². The maximum Gasteiger partial charge on any atom is 0.221 e. The minimum atomic E-state index is -0.0851. The zero-order valence-corrected chi connectivity index (χ0v) is 12.4. The summed E-state index contributed by atoms with van der Waals surface area (Å²) in [5, 5.41) is 11.1. The van der Waals surface area contributed by atoms with E-state index in [1.54, 1.807) is 4.68 Å². The number of carbonyl (C=O) groups is 1. The summed E-state index contributed by atoms with van der Waals surface area (Å²) in [6, 6.07) is 15.6. The smallest absolute Gasteiger partial charge is 0.221 e.